The number of nitrogens with zero attached hydrogens (tertiary/aromatic N) is 2. The summed E-state index contributed by atoms with van der Waals surface area (Å²) in [6.45, 7) is 7.59. The fourth-order valence-corrected chi connectivity index (χ4v) is 2.03. The average molecular weight is 251 g/mol. The van der Waals surface area contributed by atoms with Crippen LogP contribution in [0.4, 0.5) is 4.79 Å². The summed E-state index contributed by atoms with van der Waals surface area (Å²) >= 11 is 0. The van der Waals surface area contributed by atoms with E-state index in [4.69, 9.17) is 4.52 Å². The molecule has 1 unspecified atom stereocenters. The molecule has 1 aromatic heterocycles. The Morgan fingerprint density at radius 1 is 1.39 bits per heavy atom. The molecule has 2 rings (SSSR count). The highest BCUT2D eigenvalue weighted by Crippen LogP contribution is 2.20. The number of imide groups is 1. The minimum absolute atomic E-state index is 0.0797. The van der Waals surface area contributed by atoms with Crippen molar-refractivity contribution in [1.29, 1.82) is 0 Å². The molecule has 1 aliphatic rings. The van der Waals surface area contributed by atoms with Gasteiger partial charge in [-0.15, -0.1) is 0 Å². The molecule has 1 saturated heterocycles. The van der Waals surface area contributed by atoms with Gasteiger partial charge in [0.25, 0.3) is 5.91 Å². The molecule has 1 fully saturated rings. The fraction of sp³-hybridized carbons (Fsp3) is 0.583. The zero-order chi connectivity index (χ0) is 13.4. The van der Waals surface area contributed by atoms with Crippen molar-refractivity contribution in [2.45, 2.75) is 40.3 Å². The van der Waals surface area contributed by atoms with Crippen molar-refractivity contribution in [2.75, 3.05) is 0 Å². The van der Waals surface area contributed by atoms with Gasteiger partial charge < -0.3 is 9.84 Å². The Labute approximate surface area is 105 Å². The summed E-state index contributed by atoms with van der Waals surface area (Å²) in [5.74, 6) is 0.534. The molecule has 2 heterocycles. The monoisotopic (exact) mass is 251 g/mol. The lowest BCUT2D eigenvalue weighted by molar-refractivity contribution is -0.128. The zero-order valence-electron chi connectivity index (χ0n) is 11.0. The lowest BCUT2D eigenvalue weighted by Crippen LogP contribution is -2.34. The van der Waals surface area contributed by atoms with Gasteiger partial charge in [-0.1, -0.05) is 19.0 Å². The summed E-state index contributed by atoms with van der Waals surface area (Å²) < 4.78 is 5.03. The number of aromatic nitrogens is 1. The summed E-state index contributed by atoms with van der Waals surface area (Å²) in [6, 6.07) is -0.781. The van der Waals surface area contributed by atoms with Crippen molar-refractivity contribution in [3.8, 4) is 0 Å². The number of urea groups is 1. The third-order valence-electron chi connectivity index (χ3n) is 3.22. The van der Waals surface area contributed by atoms with Crippen LogP contribution in [0.3, 0.4) is 0 Å². The quantitative estimate of drug-likeness (QED) is 0.823. The molecule has 1 N–H and O–H groups in total. The van der Waals surface area contributed by atoms with Crippen LogP contribution < -0.4 is 5.32 Å². The van der Waals surface area contributed by atoms with Crippen molar-refractivity contribution in [3.63, 3.8) is 0 Å². The molecule has 0 aromatic carbocycles. The van der Waals surface area contributed by atoms with Gasteiger partial charge >= 0.3 is 6.03 Å². The average Bonchev–Trinajstić information content (AvgIpc) is 2.75. The maximum Gasteiger partial charge on any atom is 0.325 e. The first kappa shape index (κ1) is 12.6. The molecule has 98 valence electrons. The van der Waals surface area contributed by atoms with Crippen LogP contribution in [0.1, 0.15) is 30.9 Å². The highest BCUT2D eigenvalue weighted by molar-refractivity contribution is 6.04. The minimum atomic E-state index is -0.432. The Morgan fingerprint density at radius 3 is 2.50 bits per heavy atom. The van der Waals surface area contributed by atoms with Gasteiger partial charge in [0.1, 0.15) is 11.8 Å². The van der Waals surface area contributed by atoms with E-state index < -0.39 is 6.04 Å². The minimum Gasteiger partial charge on any atom is -0.361 e. The Balaban J connectivity index is 2.20. The normalized spacial score (nSPS) is 19.8. The molecular formula is C12H17N3O3. The third kappa shape index (κ3) is 1.98. The number of aryl methyl sites for hydroxylation is 2. The molecule has 0 bridgehead atoms. The second-order valence-corrected chi connectivity index (χ2v) is 4.90. The van der Waals surface area contributed by atoms with E-state index in [0.29, 0.717) is 11.5 Å². The smallest absolute Gasteiger partial charge is 0.325 e. The molecule has 6 nitrogen and oxygen atoms in total. The Kier molecular flexibility index (Phi) is 3.11. The Bertz CT molecular complexity index is 473. The van der Waals surface area contributed by atoms with Crippen LogP contribution in [-0.4, -0.2) is 28.0 Å². The summed E-state index contributed by atoms with van der Waals surface area (Å²) in [4.78, 5) is 25.1. The lowest BCUT2D eigenvalue weighted by atomic mass is 10.0. The van der Waals surface area contributed by atoms with Crippen molar-refractivity contribution >= 4 is 11.9 Å². The van der Waals surface area contributed by atoms with E-state index in [-0.39, 0.29) is 24.4 Å². The zero-order valence-corrected chi connectivity index (χ0v) is 11.0. The topological polar surface area (TPSA) is 75.4 Å². The van der Waals surface area contributed by atoms with Crippen molar-refractivity contribution in [2.24, 2.45) is 5.92 Å². The summed E-state index contributed by atoms with van der Waals surface area (Å²) in [5.41, 5.74) is 1.50. The summed E-state index contributed by atoms with van der Waals surface area (Å²) in [5, 5.41) is 6.51. The SMILES string of the molecule is Cc1noc(C)c1CN1C(=O)NC(C(C)C)C1=O. The van der Waals surface area contributed by atoms with Crippen molar-refractivity contribution < 1.29 is 14.1 Å². The van der Waals surface area contributed by atoms with Gasteiger partial charge in [0.05, 0.1) is 12.2 Å². The van der Waals surface area contributed by atoms with Gasteiger partial charge in [0, 0.05) is 5.56 Å². The van der Waals surface area contributed by atoms with Gasteiger partial charge in [-0.25, -0.2) is 4.79 Å². The van der Waals surface area contributed by atoms with Crippen LogP contribution in [0.15, 0.2) is 4.52 Å². The van der Waals surface area contributed by atoms with Crippen molar-refractivity contribution in [1.82, 2.24) is 15.4 Å². The second kappa shape index (κ2) is 4.44. The van der Waals surface area contributed by atoms with Gasteiger partial charge in [0.2, 0.25) is 0 Å². The first-order valence-corrected chi connectivity index (χ1v) is 5.95. The molecule has 0 saturated carbocycles. The molecule has 6 heteroatoms. The van der Waals surface area contributed by atoms with E-state index in [1.165, 1.54) is 4.90 Å². The number of rotatable bonds is 3. The predicted octanol–water partition coefficient (Wildman–Crippen LogP) is 1.37. The predicted molar refractivity (Wildman–Crippen MR) is 63.7 cm³/mol. The maximum absolute atomic E-state index is 12.1. The molecule has 3 amide bonds. The Hall–Kier alpha value is -1.85. The van der Waals surface area contributed by atoms with E-state index in [9.17, 15) is 9.59 Å². The van der Waals surface area contributed by atoms with Gasteiger partial charge in [-0.3, -0.25) is 9.69 Å². The number of hydrogen-bond donors (Lipinski definition) is 1. The van der Waals surface area contributed by atoms with Crippen LogP contribution in [0.5, 0.6) is 0 Å². The summed E-state index contributed by atoms with van der Waals surface area (Å²) in [7, 11) is 0. The number of nitrogens with one attached hydrogen (secondary N) is 1. The van der Waals surface area contributed by atoms with Gasteiger partial charge in [-0.2, -0.15) is 0 Å². The largest absolute Gasteiger partial charge is 0.361 e. The molecule has 1 aromatic rings. The Morgan fingerprint density at radius 2 is 2.06 bits per heavy atom. The lowest BCUT2D eigenvalue weighted by Gasteiger charge is -2.14. The highest BCUT2D eigenvalue weighted by atomic mass is 16.5. The first-order valence-electron chi connectivity index (χ1n) is 5.95. The number of carbonyl (C=O) groups excluding carboxylic acids is 2. The van der Waals surface area contributed by atoms with Crippen LogP contribution >= 0.6 is 0 Å². The maximum atomic E-state index is 12.1. The van der Waals surface area contributed by atoms with E-state index in [2.05, 4.69) is 10.5 Å². The van der Waals surface area contributed by atoms with E-state index in [0.717, 1.165) is 5.56 Å². The van der Waals surface area contributed by atoms with Gasteiger partial charge in [-0.05, 0) is 19.8 Å². The van der Waals surface area contributed by atoms with Crippen molar-refractivity contribution in [3.05, 3.63) is 17.0 Å². The molecule has 0 spiro atoms. The highest BCUT2D eigenvalue weighted by Gasteiger charge is 2.40. The van der Waals surface area contributed by atoms with Gasteiger partial charge in [0.15, 0.2) is 0 Å². The first-order chi connectivity index (χ1) is 8.41. The van der Waals surface area contributed by atoms with Crippen LogP contribution in [-0.2, 0) is 11.3 Å². The van der Waals surface area contributed by atoms with E-state index in [1.54, 1.807) is 13.8 Å². The second-order valence-electron chi connectivity index (χ2n) is 4.90. The molecular weight excluding hydrogens is 234 g/mol. The van der Waals surface area contributed by atoms with Crippen LogP contribution in [0, 0.1) is 19.8 Å². The molecule has 1 atom stereocenters. The molecule has 18 heavy (non-hydrogen) atoms. The van der Waals surface area contributed by atoms with E-state index >= 15 is 0 Å². The molecule has 0 radical (unpaired) electrons. The number of carbonyl (C=O) groups is 2. The fourth-order valence-electron chi connectivity index (χ4n) is 2.03. The molecule has 1 aliphatic heterocycles. The third-order valence-corrected chi connectivity index (χ3v) is 3.22. The standard InChI is InChI=1S/C12H17N3O3/c1-6(2)10-11(16)15(12(17)13-10)5-9-7(3)14-18-8(9)4/h6,10H,5H2,1-4H3,(H,13,17). The summed E-state index contributed by atoms with van der Waals surface area (Å²) in [6.07, 6.45) is 0. The number of hydrogen-bond acceptors (Lipinski definition) is 4. The number of amides is 3. The van der Waals surface area contributed by atoms with E-state index in [1.807, 2.05) is 13.8 Å². The van der Waals surface area contributed by atoms with Crippen LogP contribution in [0.2, 0.25) is 0 Å². The molecule has 0 aliphatic carbocycles. The van der Waals surface area contributed by atoms with Crippen LogP contribution in [0.25, 0.3) is 0 Å².